The predicted molar refractivity (Wildman–Crippen MR) is 55.4 cm³/mol. The summed E-state index contributed by atoms with van der Waals surface area (Å²) in [5, 5.41) is 12.8. The minimum atomic E-state index is -0.392. The van der Waals surface area contributed by atoms with Gasteiger partial charge in [0.1, 0.15) is 0 Å². The molecular formula is C11H15NO2. The van der Waals surface area contributed by atoms with E-state index >= 15 is 0 Å². The molecule has 1 fully saturated rings. The lowest BCUT2D eigenvalue weighted by Crippen LogP contribution is -2.31. The van der Waals surface area contributed by atoms with Crippen molar-refractivity contribution in [2.45, 2.75) is 19.1 Å². The molecule has 2 rings (SSSR count). The van der Waals surface area contributed by atoms with Crippen LogP contribution in [0.3, 0.4) is 0 Å². The molecule has 76 valence electrons. The average molecular weight is 193 g/mol. The first-order valence-corrected chi connectivity index (χ1v) is 4.85. The number of nitrogens with one attached hydrogen (secondary N) is 1. The maximum Gasteiger partial charge on any atom is 0.0996 e. The third-order valence-electron chi connectivity index (χ3n) is 2.45. The van der Waals surface area contributed by atoms with E-state index in [1.165, 1.54) is 5.56 Å². The first-order valence-electron chi connectivity index (χ1n) is 4.85. The Morgan fingerprint density at radius 3 is 2.57 bits per heavy atom. The van der Waals surface area contributed by atoms with Crippen molar-refractivity contribution < 1.29 is 9.84 Å². The van der Waals surface area contributed by atoms with Crippen molar-refractivity contribution in [3.05, 3.63) is 29.8 Å². The van der Waals surface area contributed by atoms with Crippen LogP contribution in [-0.4, -0.2) is 30.5 Å². The normalized spacial score (nSPS) is 26.4. The number of hydrogen-bond donors (Lipinski definition) is 2. The Balaban J connectivity index is 2.00. The van der Waals surface area contributed by atoms with E-state index in [2.05, 4.69) is 12.2 Å². The Morgan fingerprint density at radius 1 is 1.29 bits per heavy atom. The van der Waals surface area contributed by atoms with Gasteiger partial charge in [0.25, 0.3) is 0 Å². The Morgan fingerprint density at radius 2 is 2.00 bits per heavy atom. The van der Waals surface area contributed by atoms with Gasteiger partial charge in [-0.05, 0) is 19.1 Å². The van der Waals surface area contributed by atoms with Gasteiger partial charge in [0.15, 0.2) is 0 Å². The van der Waals surface area contributed by atoms with Crippen LogP contribution >= 0.6 is 0 Å². The molecule has 1 aliphatic heterocycles. The fourth-order valence-corrected chi connectivity index (χ4v) is 1.54. The SMILES string of the molecule is Cc1ccc(NC2COCC2O)cc1. The summed E-state index contributed by atoms with van der Waals surface area (Å²) in [6.45, 7) is 3.07. The lowest BCUT2D eigenvalue weighted by atomic mass is 10.2. The number of aryl methyl sites for hydroxylation is 1. The van der Waals surface area contributed by atoms with E-state index in [1.54, 1.807) is 0 Å². The fraction of sp³-hybridized carbons (Fsp3) is 0.455. The molecule has 1 aliphatic rings. The van der Waals surface area contributed by atoms with Crippen LogP contribution in [0.15, 0.2) is 24.3 Å². The molecule has 0 aliphatic carbocycles. The van der Waals surface area contributed by atoms with Crippen LogP contribution in [-0.2, 0) is 4.74 Å². The van der Waals surface area contributed by atoms with Crippen molar-refractivity contribution in [3.8, 4) is 0 Å². The van der Waals surface area contributed by atoms with Gasteiger partial charge in [0, 0.05) is 5.69 Å². The molecule has 2 N–H and O–H groups in total. The number of anilines is 1. The molecule has 1 heterocycles. The first kappa shape index (κ1) is 9.49. The second-order valence-corrected chi connectivity index (χ2v) is 3.72. The standard InChI is InChI=1S/C11H15NO2/c1-8-2-4-9(5-3-8)12-10-6-14-7-11(10)13/h2-5,10-13H,6-7H2,1H3. The number of aliphatic hydroxyl groups excluding tert-OH is 1. The van der Waals surface area contributed by atoms with Gasteiger partial charge >= 0.3 is 0 Å². The highest BCUT2D eigenvalue weighted by Gasteiger charge is 2.25. The lowest BCUT2D eigenvalue weighted by Gasteiger charge is -2.15. The Labute approximate surface area is 83.7 Å². The van der Waals surface area contributed by atoms with Gasteiger partial charge in [-0.1, -0.05) is 17.7 Å². The van der Waals surface area contributed by atoms with Gasteiger partial charge in [0.2, 0.25) is 0 Å². The number of benzene rings is 1. The van der Waals surface area contributed by atoms with E-state index in [9.17, 15) is 5.11 Å². The largest absolute Gasteiger partial charge is 0.388 e. The van der Waals surface area contributed by atoms with Gasteiger partial charge in [-0.15, -0.1) is 0 Å². The molecule has 2 unspecified atom stereocenters. The third kappa shape index (κ3) is 2.05. The monoisotopic (exact) mass is 193 g/mol. The zero-order valence-corrected chi connectivity index (χ0v) is 8.23. The van der Waals surface area contributed by atoms with Crippen molar-refractivity contribution in [2.75, 3.05) is 18.5 Å². The van der Waals surface area contributed by atoms with Crippen LogP contribution in [0.5, 0.6) is 0 Å². The molecule has 1 aromatic carbocycles. The lowest BCUT2D eigenvalue weighted by molar-refractivity contribution is 0.125. The summed E-state index contributed by atoms with van der Waals surface area (Å²) in [5.41, 5.74) is 2.27. The second kappa shape index (κ2) is 3.98. The number of aliphatic hydroxyl groups is 1. The minimum absolute atomic E-state index is 0.0257. The molecule has 0 bridgehead atoms. The van der Waals surface area contributed by atoms with Crippen LogP contribution in [0.25, 0.3) is 0 Å². The van der Waals surface area contributed by atoms with Gasteiger partial charge in [0.05, 0.1) is 25.4 Å². The van der Waals surface area contributed by atoms with E-state index in [-0.39, 0.29) is 6.04 Å². The van der Waals surface area contributed by atoms with E-state index in [0.717, 1.165) is 5.69 Å². The van der Waals surface area contributed by atoms with E-state index in [4.69, 9.17) is 4.74 Å². The van der Waals surface area contributed by atoms with Crippen molar-refractivity contribution >= 4 is 5.69 Å². The van der Waals surface area contributed by atoms with E-state index in [0.29, 0.717) is 13.2 Å². The molecule has 3 nitrogen and oxygen atoms in total. The molecule has 0 radical (unpaired) electrons. The van der Waals surface area contributed by atoms with Crippen LogP contribution in [0.2, 0.25) is 0 Å². The second-order valence-electron chi connectivity index (χ2n) is 3.72. The molecule has 1 saturated heterocycles. The number of hydrogen-bond acceptors (Lipinski definition) is 3. The minimum Gasteiger partial charge on any atom is -0.388 e. The highest BCUT2D eigenvalue weighted by Crippen LogP contribution is 2.14. The summed E-state index contributed by atoms with van der Waals surface area (Å²) in [7, 11) is 0. The van der Waals surface area contributed by atoms with E-state index < -0.39 is 6.10 Å². The summed E-state index contributed by atoms with van der Waals surface area (Å²) >= 11 is 0. The summed E-state index contributed by atoms with van der Waals surface area (Å²) < 4.78 is 5.15. The molecule has 0 spiro atoms. The van der Waals surface area contributed by atoms with Gasteiger partial charge in [-0.3, -0.25) is 0 Å². The van der Waals surface area contributed by atoms with Gasteiger partial charge in [-0.2, -0.15) is 0 Å². The summed E-state index contributed by atoms with van der Waals surface area (Å²) in [5.74, 6) is 0. The van der Waals surface area contributed by atoms with Crippen LogP contribution < -0.4 is 5.32 Å². The molecule has 0 aromatic heterocycles. The summed E-state index contributed by atoms with van der Waals surface area (Å²) in [4.78, 5) is 0. The molecule has 0 amide bonds. The first-order chi connectivity index (χ1) is 6.75. The van der Waals surface area contributed by atoms with Crippen LogP contribution in [0.4, 0.5) is 5.69 Å². The van der Waals surface area contributed by atoms with Gasteiger partial charge in [-0.25, -0.2) is 0 Å². The molecule has 0 saturated carbocycles. The van der Waals surface area contributed by atoms with Crippen LogP contribution in [0, 0.1) is 6.92 Å². The quantitative estimate of drug-likeness (QED) is 0.740. The topological polar surface area (TPSA) is 41.5 Å². The van der Waals surface area contributed by atoms with E-state index in [1.807, 2.05) is 24.3 Å². The van der Waals surface area contributed by atoms with Crippen LogP contribution in [0.1, 0.15) is 5.56 Å². The smallest absolute Gasteiger partial charge is 0.0996 e. The third-order valence-corrected chi connectivity index (χ3v) is 2.45. The zero-order chi connectivity index (χ0) is 9.97. The molecule has 2 atom stereocenters. The molecular weight excluding hydrogens is 178 g/mol. The zero-order valence-electron chi connectivity index (χ0n) is 8.23. The molecule has 3 heteroatoms. The fourth-order valence-electron chi connectivity index (χ4n) is 1.54. The Kier molecular flexibility index (Phi) is 2.70. The maximum atomic E-state index is 9.52. The van der Waals surface area contributed by atoms with Crippen molar-refractivity contribution in [1.82, 2.24) is 0 Å². The Bertz CT molecular complexity index is 297. The molecule has 1 aromatic rings. The number of ether oxygens (including phenoxy) is 1. The van der Waals surface area contributed by atoms with Crippen molar-refractivity contribution in [1.29, 1.82) is 0 Å². The average Bonchev–Trinajstić information content (AvgIpc) is 2.56. The number of rotatable bonds is 2. The Hall–Kier alpha value is -1.06. The predicted octanol–water partition coefficient (Wildman–Crippen LogP) is 1.17. The highest BCUT2D eigenvalue weighted by molar-refractivity contribution is 5.45. The summed E-state index contributed by atoms with van der Waals surface area (Å²) in [6, 6.07) is 8.15. The summed E-state index contributed by atoms with van der Waals surface area (Å²) in [6.07, 6.45) is -0.392. The van der Waals surface area contributed by atoms with Crippen molar-refractivity contribution in [3.63, 3.8) is 0 Å². The highest BCUT2D eigenvalue weighted by atomic mass is 16.5. The maximum absolute atomic E-state index is 9.52. The van der Waals surface area contributed by atoms with Gasteiger partial charge < -0.3 is 15.2 Å². The van der Waals surface area contributed by atoms with Crippen molar-refractivity contribution in [2.24, 2.45) is 0 Å². The molecule has 14 heavy (non-hydrogen) atoms.